The minimum atomic E-state index is -0.0783. The molecule has 3 heterocycles. The zero-order valence-corrected chi connectivity index (χ0v) is 12.3. The van der Waals surface area contributed by atoms with Gasteiger partial charge in [-0.15, -0.1) is 0 Å². The fraction of sp³-hybridized carbons (Fsp3) is 0.400. The highest BCUT2D eigenvalue weighted by molar-refractivity contribution is 5.99. The molecule has 0 bridgehead atoms. The van der Waals surface area contributed by atoms with E-state index in [1.807, 2.05) is 43.5 Å². The van der Waals surface area contributed by atoms with E-state index in [-0.39, 0.29) is 11.9 Å². The third kappa shape index (κ3) is 2.80. The average Bonchev–Trinajstić information content (AvgIpc) is 3.06. The fourth-order valence-electron chi connectivity index (χ4n) is 2.77. The molecule has 0 aliphatic carbocycles. The van der Waals surface area contributed by atoms with Crippen molar-refractivity contribution < 1.29 is 4.79 Å². The average molecular weight is 285 g/mol. The summed E-state index contributed by atoms with van der Waals surface area (Å²) < 4.78 is 1.72. The van der Waals surface area contributed by atoms with Crippen molar-refractivity contribution in [2.45, 2.75) is 19.0 Å². The molecule has 0 N–H and O–H groups in total. The highest BCUT2D eigenvalue weighted by Crippen LogP contribution is 2.24. The summed E-state index contributed by atoms with van der Waals surface area (Å²) in [6.45, 7) is 1.47. The number of hydrogen-bond acceptors (Lipinski definition) is 4. The van der Waals surface area contributed by atoms with Crippen LogP contribution in [-0.2, 0) is 18.4 Å². The number of pyridine rings is 1. The molecule has 1 amide bonds. The predicted octanol–water partition coefficient (Wildman–Crippen LogP) is 1.05. The van der Waals surface area contributed by atoms with Gasteiger partial charge in [-0.1, -0.05) is 6.07 Å². The Bertz CT molecular complexity index is 624. The molecule has 6 nitrogen and oxygen atoms in total. The SMILES string of the molecule is CN(Cc1cccnc1)[C@@H]1CCN(c2cnn(C)c2)C1=O. The second-order valence-electron chi connectivity index (χ2n) is 5.44. The van der Waals surface area contributed by atoms with Crippen molar-refractivity contribution in [2.24, 2.45) is 7.05 Å². The molecule has 1 atom stereocenters. The van der Waals surface area contributed by atoms with Gasteiger partial charge in [-0.2, -0.15) is 5.10 Å². The lowest BCUT2D eigenvalue weighted by atomic mass is 10.2. The summed E-state index contributed by atoms with van der Waals surface area (Å²) in [5, 5.41) is 4.13. The van der Waals surface area contributed by atoms with Gasteiger partial charge in [0.25, 0.3) is 0 Å². The Morgan fingerprint density at radius 2 is 2.29 bits per heavy atom. The van der Waals surface area contributed by atoms with Crippen LogP contribution in [0.3, 0.4) is 0 Å². The van der Waals surface area contributed by atoms with Gasteiger partial charge in [0.05, 0.1) is 17.9 Å². The number of carbonyl (C=O) groups excluding carboxylic acids is 1. The van der Waals surface area contributed by atoms with Gasteiger partial charge >= 0.3 is 0 Å². The van der Waals surface area contributed by atoms with Crippen LogP contribution in [-0.4, -0.2) is 45.2 Å². The Kier molecular flexibility index (Phi) is 3.70. The Labute approximate surface area is 124 Å². The van der Waals surface area contributed by atoms with Crippen molar-refractivity contribution in [1.29, 1.82) is 0 Å². The van der Waals surface area contributed by atoms with Gasteiger partial charge in [0.1, 0.15) is 0 Å². The smallest absolute Gasteiger partial charge is 0.244 e. The van der Waals surface area contributed by atoms with Crippen LogP contribution >= 0.6 is 0 Å². The van der Waals surface area contributed by atoms with Crippen LogP contribution in [0.4, 0.5) is 5.69 Å². The lowest BCUT2D eigenvalue weighted by Crippen LogP contribution is -2.39. The van der Waals surface area contributed by atoms with E-state index in [2.05, 4.69) is 15.0 Å². The van der Waals surface area contributed by atoms with E-state index in [1.54, 1.807) is 17.1 Å². The number of hydrogen-bond donors (Lipinski definition) is 0. The molecule has 0 spiro atoms. The van der Waals surface area contributed by atoms with Crippen LogP contribution in [0.1, 0.15) is 12.0 Å². The molecule has 1 saturated heterocycles. The van der Waals surface area contributed by atoms with Gasteiger partial charge in [-0.3, -0.25) is 19.4 Å². The van der Waals surface area contributed by atoms with Crippen LogP contribution in [0, 0.1) is 0 Å². The molecule has 1 aliphatic heterocycles. The van der Waals surface area contributed by atoms with Gasteiger partial charge in [0, 0.05) is 38.7 Å². The minimum Gasteiger partial charge on any atom is -0.308 e. The topological polar surface area (TPSA) is 54.3 Å². The number of carbonyl (C=O) groups is 1. The first-order valence-electron chi connectivity index (χ1n) is 7.04. The number of rotatable bonds is 4. The van der Waals surface area contributed by atoms with Crippen molar-refractivity contribution in [3.05, 3.63) is 42.5 Å². The van der Waals surface area contributed by atoms with Crippen molar-refractivity contribution in [3.63, 3.8) is 0 Å². The summed E-state index contributed by atoms with van der Waals surface area (Å²) in [7, 11) is 3.85. The Morgan fingerprint density at radius 3 is 2.95 bits per heavy atom. The zero-order valence-electron chi connectivity index (χ0n) is 12.3. The van der Waals surface area contributed by atoms with Crippen molar-refractivity contribution in [3.8, 4) is 0 Å². The number of nitrogens with zero attached hydrogens (tertiary/aromatic N) is 5. The van der Waals surface area contributed by atoms with Crippen molar-refractivity contribution in [2.75, 3.05) is 18.5 Å². The summed E-state index contributed by atoms with van der Waals surface area (Å²) in [6.07, 6.45) is 8.05. The van der Waals surface area contributed by atoms with Gasteiger partial charge in [-0.25, -0.2) is 0 Å². The first kappa shape index (κ1) is 13.8. The fourth-order valence-corrected chi connectivity index (χ4v) is 2.77. The van der Waals surface area contributed by atoms with E-state index in [9.17, 15) is 4.79 Å². The van der Waals surface area contributed by atoms with Gasteiger partial charge in [0.2, 0.25) is 5.91 Å². The Balaban J connectivity index is 1.68. The molecule has 0 unspecified atom stereocenters. The maximum Gasteiger partial charge on any atom is 0.244 e. The molecule has 110 valence electrons. The lowest BCUT2D eigenvalue weighted by Gasteiger charge is -2.23. The summed E-state index contributed by atoms with van der Waals surface area (Å²) in [6, 6.07) is 3.87. The molecule has 1 fully saturated rings. The van der Waals surface area contributed by atoms with E-state index in [1.165, 1.54) is 0 Å². The van der Waals surface area contributed by atoms with Crippen molar-refractivity contribution in [1.82, 2.24) is 19.7 Å². The quantitative estimate of drug-likeness (QED) is 0.842. The second kappa shape index (κ2) is 5.65. The van der Waals surface area contributed by atoms with Gasteiger partial charge < -0.3 is 4.90 Å². The highest BCUT2D eigenvalue weighted by Gasteiger charge is 2.35. The Morgan fingerprint density at radius 1 is 1.43 bits per heavy atom. The molecular formula is C15H19N5O. The lowest BCUT2D eigenvalue weighted by molar-refractivity contribution is -0.121. The first-order valence-corrected chi connectivity index (χ1v) is 7.04. The molecule has 2 aromatic heterocycles. The molecule has 1 aliphatic rings. The van der Waals surface area contributed by atoms with E-state index >= 15 is 0 Å². The van der Waals surface area contributed by atoms with E-state index in [4.69, 9.17) is 0 Å². The third-order valence-electron chi connectivity index (χ3n) is 3.87. The summed E-state index contributed by atoms with van der Waals surface area (Å²) in [5.41, 5.74) is 1.99. The Hall–Kier alpha value is -2.21. The van der Waals surface area contributed by atoms with E-state index in [0.717, 1.165) is 30.8 Å². The maximum atomic E-state index is 12.6. The molecule has 21 heavy (non-hydrogen) atoms. The number of aromatic nitrogens is 3. The number of amides is 1. The van der Waals surface area contributed by atoms with Crippen LogP contribution in [0.5, 0.6) is 0 Å². The normalized spacial score (nSPS) is 18.7. The molecule has 0 radical (unpaired) electrons. The van der Waals surface area contributed by atoms with Crippen LogP contribution in [0.25, 0.3) is 0 Å². The van der Waals surface area contributed by atoms with Crippen LogP contribution in [0.15, 0.2) is 36.9 Å². The third-order valence-corrected chi connectivity index (χ3v) is 3.87. The number of aryl methyl sites for hydroxylation is 1. The summed E-state index contributed by atoms with van der Waals surface area (Å²) in [4.78, 5) is 20.6. The monoisotopic (exact) mass is 285 g/mol. The molecule has 6 heteroatoms. The molecular weight excluding hydrogens is 266 g/mol. The second-order valence-corrected chi connectivity index (χ2v) is 5.44. The minimum absolute atomic E-state index is 0.0783. The van der Waals surface area contributed by atoms with Gasteiger partial charge in [-0.05, 0) is 25.1 Å². The van der Waals surface area contributed by atoms with Crippen LogP contribution in [0.2, 0.25) is 0 Å². The van der Waals surface area contributed by atoms with Crippen molar-refractivity contribution >= 4 is 11.6 Å². The molecule has 2 aromatic rings. The van der Waals surface area contributed by atoms with Gasteiger partial charge in [0.15, 0.2) is 0 Å². The standard InChI is InChI=1S/C15H19N5O/c1-18(10-12-4-3-6-16-8-12)14-5-7-20(15(14)21)13-9-17-19(2)11-13/h3-4,6,8-9,11,14H,5,7,10H2,1-2H3/t14-/m1/s1. The first-order chi connectivity index (χ1) is 10.1. The largest absolute Gasteiger partial charge is 0.308 e. The maximum absolute atomic E-state index is 12.6. The molecule has 0 saturated carbocycles. The summed E-state index contributed by atoms with van der Waals surface area (Å²) >= 11 is 0. The molecule has 3 rings (SSSR count). The number of likely N-dealkylation sites (N-methyl/N-ethyl adjacent to an activating group) is 1. The highest BCUT2D eigenvalue weighted by atomic mass is 16.2. The predicted molar refractivity (Wildman–Crippen MR) is 79.7 cm³/mol. The summed E-state index contributed by atoms with van der Waals surface area (Å²) in [5.74, 6) is 0.148. The van der Waals surface area contributed by atoms with E-state index < -0.39 is 0 Å². The van der Waals surface area contributed by atoms with Crippen LogP contribution < -0.4 is 4.90 Å². The van der Waals surface area contributed by atoms with E-state index in [0.29, 0.717) is 0 Å². The zero-order chi connectivity index (χ0) is 14.8. The number of anilines is 1. The molecule has 0 aromatic carbocycles.